The zero-order valence-electron chi connectivity index (χ0n) is 9.86. The highest BCUT2D eigenvalue weighted by molar-refractivity contribution is 7.37. The second kappa shape index (κ2) is 6.41. The molecule has 1 unspecified atom stereocenters. The van der Waals surface area contributed by atoms with Crippen LogP contribution < -0.4 is 5.32 Å². The predicted octanol–water partition coefficient (Wildman–Crippen LogP) is 3.06. The van der Waals surface area contributed by atoms with Crippen molar-refractivity contribution in [3.8, 4) is 0 Å². The van der Waals surface area contributed by atoms with Crippen molar-refractivity contribution < 1.29 is 9.46 Å². The van der Waals surface area contributed by atoms with E-state index in [1.54, 1.807) is 0 Å². The number of nitrogens with one attached hydrogen (secondary N) is 1. The standard InChI is InChI=1S/C14H14NO2P/c16-18(17)11-15-14(12-7-3-1-4-8-12)13-9-5-2-6-10-13/h1-10,14-15H,11H2/p+1. The van der Waals surface area contributed by atoms with Gasteiger partial charge in [0, 0.05) is 0 Å². The van der Waals surface area contributed by atoms with Gasteiger partial charge in [0.2, 0.25) is 6.29 Å². The van der Waals surface area contributed by atoms with Crippen LogP contribution in [-0.2, 0) is 4.57 Å². The minimum absolute atomic E-state index is 0.0569. The third kappa shape index (κ3) is 3.47. The molecule has 0 amide bonds. The molecule has 18 heavy (non-hydrogen) atoms. The summed E-state index contributed by atoms with van der Waals surface area (Å²) in [6.07, 6.45) is 0.0871. The Bertz CT molecular complexity index is 462. The zero-order chi connectivity index (χ0) is 12.8. The van der Waals surface area contributed by atoms with Gasteiger partial charge in [-0.1, -0.05) is 60.7 Å². The smallest absolute Gasteiger partial charge is 0.263 e. The fraction of sp³-hybridized carbons (Fsp3) is 0.143. The fourth-order valence-electron chi connectivity index (χ4n) is 1.89. The Kier molecular flexibility index (Phi) is 4.59. The summed E-state index contributed by atoms with van der Waals surface area (Å²) in [5.41, 5.74) is 2.17. The van der Waals surface area contributed by atoms with E-state index in [-0.39, 0.29) is 12.3 Å². The van der Waals surface area contributed by atoms with E-state index in [2.05, 4.69) is 5.32 Å². The maximum absolute atomic E-state index is 10.9. The van der Waals surface area contributed by atoms with Crippen LogP contribution in [0.25, 0.3) is 0 Å². The minimum Gasteiger partial charge on any atom is -0.263 e. The van der Waals surface area contributed by atoms with Crippen molar-refractivity contribution in [1.82, 2.24) is 5.32 Å². The van der Waals surface area contributed by atoms with Crippen molar-refractivity contribution in [2.75, 3.05) is 6.29 Å². The van der Waals surface area contributed by atoms with E-state index in [0.717, 1.165) is 11.1 Å². The SMILES string of the molecule is O=[P+](O)CNC(c1ccccc1)c1ccccc1. The van der Waals surface area contributed by atoms with Crippen LogP contribution in [0.1, 0.15) is 17.2 Å². The molecule has 0 saturated carbocycles. The lowest BCUT2D eigenvalue weighted by molar-refractivity contribution is 0.492. The van der Waals surface area contributed by atoms with Crippen LogP contribution in [0.2, 0.25) is 0 Å². The van der Waals surface area contributed by atoms with E-state index < -0.39 is 8.03 Å². The van der Waals surface area contributed by atoms with E-state index in [1.807, 2.05) is 60.7 Å². The summed E-state index contributed by atoms with van der Waals surface area (Å²) < 4.78 is 10.9. The number of rotatable bonds is 5. The average molecular weight is 260 g/mol. The van der Waals surface area contributed by atoms with Crippen molar-refractivity contribution in [3.05, 3.63) is 71.8 Å². The third-order valence-electron chi connectivity index (χ3n) is 2.70. The first-order valence-corrected chi connectivity index (χ1v) is 7.14. The Balaban J connectivity index is 2.26. The second-order valence-electron chi connectivity index (χ2n) is 3.97. The van der Waals surface area contributed by atoms with Crippen LogP contribution in [0.3, 0.4) is 0 Å². The molecule has 0 aliphatic carbocycles. The lowest BCUT2D eigenvalue weighted by atomic mass is 9.99. The van der Waals surface area contributed by atoms with Crippen LogP contribution in [-0.4, -0.2) is 11.2 Å². The van der Waals surface area contributed by atoms with Crippen molar-refractivity contribution >= 4 is 8.03 Å². The number of benzene rings is 2. The highest BCUT2D eigenvalue weighted by atomic mass is 31.1. The topological polar surface area (TPSA) is 49.3 Å². The van der Waals surface area contributed by atoms with Crippen LogP contribution in [0, 0.1) is 0 Å². The van der Waals surface area contributed by atoms with Crippen LogP contribution in [0.15, 0.2) is 60.7 Å². The highest BCUT2D eigenvalue weighted by Crippen LogP contribution is 2.23. The largest absolute Gasteiger partial charge is 0.521 e. The quantitative estimate of drug-likeness (QED) is 0.812. The van der Waals surface area contributed by atoms with Gasteiger partial charge in [-0.3, -0.25) is 5.32 Å². The van der Waals surface area contributed by atoms with Gasteiger partial charge >= 0.3 is 8.03 Å². The first-order valence-electron chi connectivity index (χ1n) is 5.74. The summed E-state index contributed by atoms with van der Waals surface area (Å²) in [6, 6.07) is 19.7. The Labute approximate surface area is 107 Å². The van der Waals surface area contributed by atoms with Crippen molar-refractivity contribution in [2.24, 2.45) is 0 Å². The van der Waals surface area contributed by atoms with E-state index in [0.29, 0.717) is 0 Å². The molecule has 0 aliphatic heterocycles. The van der Waals surface area contributed by atoms with Crippen molar-refractivity contribution in [1.29, 1.82) is 0 Å². The van der Waals surface area contributed by atoms with Crippen molar-refractivity contribution in [2.45, 2.75) is 6.04 Å². The summed E-state index contributed by atoms with van der Waals surface area (Å²) in [5, 5.41) is 3.12. The highest BCUT2D eigenvalue weighted by Gasteiger charge is 2.18. The van der Waals surface area contributed by atoms with Gasteiger partial charge < -0.3 is 0 Å². The molecule has 3 nitrogen and oxygen atoms in total. The fourth-order valence-corrected chi connectivity index (χ4v) is 2.23. The summed E-state index contributed by atoms with van der Waals surface area (Å²) in [5.74, 6) is 0. The Morgan fingerprint density at radius 2 is 1.39 bits per heavy atom. The van der Waals surface area contributed by atoms with Gasteiger partial charge in [0.1, 0.15) is 0 Å². The molecule has 0 aromatic heterocycles. The molecule has 0 bridgehead atoms. The monoisotopic (exact) mass is 260 g/mol. The predicted molar refractivity (Wildman–Crippen MR) is 72.6 cm³/mol. The third-order valence-corrected chi connectivity index (χ3v) is 3.15. The molecule has 0 aliphatic rings. The van der Waals surface area contributed by atoms with E-state index >= 15 is 0 Å². The van der Waals surface area contributed by atoms with Crippen LogP contribution in [0.5, 0.6) is 0 Å². The Morgan fingerprint density at radius 3 is 1.78 bits per heavy atom. The molecule has 0 heterocycles. The summed E-state index contributed by atoms with van der Waals surface area (Å²) >= 11 is 0. The Morgan fingerprint density at radius 1 is 0.944 bits per heavy atom. The van der Waals surface area contributed by atoms with Gasteiger partial charge in [-0.15, -0.1) is 0 Å². The lowest BCUT2D eigenvalue weighted by Crippen LogP contribution is -2.21. The maximum atomic E-state index is 10.9. The summed E-state index contributed by atoms with van der Waals surface area (Å²) in [7, 11) is -2.17. The van der Waals surface area contributed by atoms with Gasteiger partial charge in [0.25, 0.3) is 0 Å². The second-order valence-corrected chi connectivity index (χ2v) is 4.99. The first kappa shape index (κ1) is 12.9. The van der Waals surface area contributed by atoms with Gasteiger partial charge in [0.15, 0.2) is 0 Å². The van der Waals surface area contributed by atoms with Crippen molar-refractivity contribution in [3.63, 3.8) is 0 Å². The molecule has 92 valence electrons. The summed E-state index contributed by atoms with van der Waals surface area (Å²) in [4.78, 5) is 8.94. The molecule has 2 N–H and O–H groups in total. The molecule has 0 fully saturated rings. The molecule has 0 saturated heterocycles. The van der Waals surface area contributed by atoms with Gasteiger partial charge in [0.05, 0.1) is 6.04 Å². The Hall–Kier alpha value is -1.54. The molecule has 4 heteroatoms. The van der Waals surface area contributed by atoms with Crippen LogP contribution in [0.4, 0.5) is 0 Å². The molecule has 2 rings (SSSR count). The normalized spacial score (nSPS) is 11.6. The lowest BCUT2D eigenvalue weighted by Gasteiger charge is -2.16. The zero-order valence-corrected chi connectivity index (χ0v) is 10.8. The first-order chi connectivity index (χ1) is 8.77. The number of hydrogen-bond acceptors (Lipinski definition) is 2. The molecule has 1 atom stereocenters. The molecule has 0 radical (unpaired) electrons. The molecule has 2 aromatic rings. The van der Waals surface area contributed by atoms with E-state index in [1.165, 1.54) is 0 Å². The van der Waals surface area contributed by atoms with E-state index in [9.17, 15) is 4.57 Å². The molecule has 0 spiro atoms. The summed E-state index contributed by atoms with van der Waals surface area (Å²) in [6.45, 7) is 0. The van der Waals surface area contributed by atoms with E-state index in [4.69, 9.17) is 4.89 Å². The average Bonchev–Trinajstić information content (AvgIpc) is 2.41. The van der Waals surface area contributed by atoms with Crippen LogP contribution >= 0.6 is 8.03 Å². The van der Waals surface area contributed by atoms with Gasteiger partial charge in [-0.05, 0) is 15.7 Å². The molecular formula is C14H15NO2P+. The number of hydrogen-bond donors (Lipinski definition) is 2. The van der Waals surface area contributed by atoms with Gasteiger partial charge in [-0.2, -0.15) is 4.89 Å². The maximum Gasteiger partial charge on any atom is 0.521 e. The minimum atomic E-state index is -2.17. The van der Waals surface area contributed by atoms with Gasteiger partial charge in [-0.25, -0.2) is 0 Å². The molecule has 2 aromatic carbocycles. The molecular weight excluding hydrogens is 245 g/mol.